The Hall–Kier alpha value is -3.19. The van der Waals surface area contributed by atoms with E-state index in [0.29, 0.717) is 11.4 Å². The van der Waals surface area contributed by atoms with Crippen LogP contribution in [0.2, 0.25) is 0 Å². The number of hydrogen-bond acceptors (Lipinski definition) is 6. The summed E-state index contributed by atoms with van der Waals surface area (Å²) in [7, 11) is 0. The number of rotatable bonds is 3. The predicted octanol–water partition coefficient (Wildman–Crippen LogP) is 3.40. The largest absolute Gasteiger partial charge is 0.320 e. The molecule has 0 bridgehead atoms. The molecule has 1 amide bonds. The minimum Gasteiger partial charge on any atom is -0.320 e. The van der Waals surface area contributed by atoms with E-state index in [9.17, 15) is 4.79 Å². The van der Waals surface area contributed by atoms with E-state index < -0.39 is 0 Å². The Kier molecular flexibility index (Phi) is 3.68. The molecule has 0 aliphatic rings. The third-order valence-corrected chi connectivity index (χ3v) is 4.40. The van der Waals surface area contributed by atoms with Gasteiger partial charge in [-0.15, -0.1) is 0 Å². The first-order valence-corrected chi connectivity index (χ1v) is 8.01. The first kappa shape index (κ1) is 14.4. The summed E-state index contributed by atoms with van der Waals surface area (Å²) >= 11 is 1.49. The van der Waals surface area contributed by atoms with Crippen LogP contribution in [0.5, 0.6) is 0 Å². The van der Waals surface area contributed by atoms with Gasteiger partial charge in [-0.25, -0.2) is 19.9 Å². The second kappa shape index (κ2) is 6.13. The number of pyridine rings is 1. The number of nitrogens with zero attached hydrogens (tertiary/aromatic N) is 4. The number of para-hydroxylation sites is 1. The summed E-state index contributed by atoms with van der Waals surface area (Å²) in [4.78, 5) is 29.9. The molecule has 3 aromatic heterocycles. The lowest BCUT2D eigenvalue weighted by Gasteiger charge is -2.08. The van der Waals surface area contributed by atoms with Crippen molar-refractivity contribution in [1.82, 2.24) is 19.9 Å². The lowest BCUT2D eigenvalue weighted by Crippen LogP contribution is -2.14. The van der Waals surface area contributed by atoms with E-state index in [4.69, 9.17) is 0 Å². The summed E-state index contributed by atoms with van der Waals surface area (Å²) in [6, 6.07) is 12.9. The van der Waals surface area contributed by atoms with Crippen LogP contribution < -0.4 is 5.32 Å². The van der Waals surface area contributed by atoms with E-state index in [0.717, 1.165) is 20.9 Å². The van der Waals surface area contributed by atoms with E-state index in [1.54, 1.807) is 12.3 Å². The van der Waals surface area contributed by atoms with E-state index in [-0.39, 0.29) is 5.91 Å². The van der Waals surface area contributed by atoms with Crippen LogP contribution in [0.25, 0.3) is 20.9 Å². The summed E-state index contributed by atoms with van der Waals surface area (Å²) in [6.07, 6.45) is 4.63. The van der Waals surface area contributed by atoms with E-state index in [1.165, 1.54) is 23.9 Å². The number of nitrogens with one attached hydrogen (secondary N) is 1. The maximum atomic E-state index is 12.3. The highest BCUT2D eigenvalue weighted by molar-refractivity contribution is 7.21. The zero-order chi connectivity index (χ0) is 16.4. The van der Waals surface area contributed by atoms with E-state index in [2.05, 4.69) is 25.3 Å². The monoisotopic (exact) mass is 333 g/mol. The average Bonchev–Trinajstić information content (AvgIpc) is 3.07. The quantitative estimate of drug-likeness (QED) is 0.621. The zero-order valence-electron chi connectivity index (χ0n) is 12.4. The van der Waals surface area contributed by atoms with Crippen LogP contribution in [0.1, 0.15) is 10.5 Å². The number of carbonyl (C=O) groups is 1. The summed E-state index contributed by atoms with van der Waals surface area (Å²) < 4.78 is 0. The first-order valence-electron chi connectivity index (χ1n) is 7.19. The molecule has 0 unspecified atom stereocenters. The molecule has 116 valence electrons. The van der Waals surface area contributed by atoms with Crippen LogP contribution in [0, 0.1) is 0 Å². The summed E-state index contributed by atoms with van der Waals surface area (Å²) in [5.41, 5.74) is 2.68. The smallest absolute Gasteiger partial charge is 0.274 e. The van der Waals surface area contributed by atoms with Crippen LogP contribution in [0.3, 0.4) is 0 Å². The summed E-state index contributed by atoms with van der Waals surface area (Å²) in [5, 5.41) is 3.69. The van der Waals surface area contributed by atoms with E-state index >= 15 is 0 Å². The van der Waals surface area contributed by atoms with Gasteiger partial charge in [0.25, 0.3) is 5.91 Å². The standard InChI is InChI=1S/C17H11N5OS/c23-15(13-7-9-18-10-20-13)21-12-5-2-1-4-11(12)16-22-14-6-3-8-19-17(14)24-16/h1-10H,(H,21,23). The zero-order valence-corrected chi connectivity index (χ0v) is 13.2. The molecule has 0 spiro atoms. The highest BCUT2D eigenvalue weighted by Gasteiger charge is 2.14. The fourth-order valence-corrected chi connectivity index (χ4v) is 3.22. The fourth-order valence-electron chi connectivity index (χ4n) is 2.28. The van der Waals surface area contributed by atoms with E-state index in [1.807, 2.05) is 36.4 Å². The Morgan fingerprint density at radius 1 is 1.00 bits per heavy atom. The SMILES string of the molecule is O=C(Nc1ccccc1-c1nc2cccnc2s1)c1ccncn1. The van der Waals surface area contributed by atoms with Gasteiger partial charge in [-0.3, -0.25) is 4.79 Å². The number of fused-ring (bicyclic) bond motifs is 1. The molecule has 1 N–H and O–H groups in total. The molecule has 0 radical (unpaired) electrons. The lowest BCUT2D eigenvalue weighted by molar-refractivity contribution is 0.102. The molecule has 0 aliphatic heterocycles. The molecule has 0 aliphatic carbocycles. The number of amides is 1. The number of benzene rings is 1. The number of thiazole rings is 1. The van der Waals surface area contributed by atoms with Gasteiger partial charge in [0.1, 0.15) is 27.4 Å². The van der Waals surface area contributed by atoms with Crippen LogP contribution in [0.4, 0.5) is 5.69 Å². The molecular weight excluding hydrogens is 322 g/mol. The van der Waals surface area contributed by atoms with Gasteiger partial charge in [-0.05, 0) is 30.3 Å². The Bertz CT molecular complexity index is 983. The third kappa shape index (κ3) is 2.72. The van der Waals surface area contributed by atoms with Crippen LogP contribution in [-0.2, 0) is 0 Å². The molecule has 0 fully saturated rings. The van der Waals surface area contributed by atoms with Crippen molar-refractivity contribution in [1.29, 1.82) is 0 Å². The molecule has 6 nitrogen and oxygen atoms in total. The lowest BCUT2D eigenvalue weighted by atomic mass is 10.2. The van der Waals surface area contributed by atoms with Gasteiger partial charge in [0.15, 0.2) is 0 Å². The summed E-state index contributed by atoms with van der Waals surface area (Å²) in [5.74, 6) is -0.288. The van der Waals surface area contributed by atoms with Gasteiger partial charge in [0.05, 0.1) is 5.69 Å². The van der Waals surface area contributed by atoms with Gasteiger partial charge in [-0.1, -0.05) is 23.5 Å². The van der Waals surface area contributed by atoms with Gasteiger partial charge >= 0.3 is 0 Å². The van der Waals surface area contributed by atoms with Crippen molar-refractivity contribution in [2.24, 2.45) is 0 Å². The van der Waals surface area contributed by atoms with Crippen molar-refractivity contribution in [2.45, 2.75) is 0 Å². The van der Waals surface area contributed by atoms with Crippen molar-refractivity contribution in [2.75, 3.05) is 5.32 Å². The van der Waals surface area contributed by atoms with Gasteiger partial charge in [0, 0.05) is 18.0 Å². The first-order chi connectivity index (χ1) is 11.8. The van der Waals surface area contributed by atoms with Gasteiger partial charge < -0.3 is 5.32 Å². The summed E-state index contributed by atoms with van der Waals surface area (Å²) in [6.45, 7) is 0. The number of hydrogen-bond donors (Lipinski definition) is 1. The van der Waals surface area contributed by atoms with Crippen molar-refractivity contribution < 1.29 is 4.79 Å². The Balaban J connectivity index is 1.71. The Labute approximate surface area is 141 Å². The minimum absolute atomic E-state index is 0.288. The maximum Gasteiger partial charge on any atom is 0.274 e. The molecule has 24 heavy (non-hydrogen) atoms. The maximum absolute atomic E-state index is 12.3. The third-order valence-electron chi connectivity index (χ3n) is 3.39. The highest BCUT2D eigenvalue weighted by Crippen LogP contribution is 2.33. The Morgan fingerprint density at radius 2 is 1.92 bits per heavy atom. The van der Waals surface area contributed by atoms with Crippen LogP contribution in [-0.4, -0.2) is 25.8 Å². The molecule has 4 aromatic rings. The molecule has 1 aromatic carbocycles. The second-order valence-corrected chi connectivity index (χ2v) is 5.92. The van der Waals surface area contributed by atoms with Crippen LogP contribution in [0.15, 0.2) is 61.2 Å². The molecule has 0 atom stereocenters. The molecule has 4 rings (SSSR count). The van der Waals surface area contributed by atoms with Crippen molar-refractivity contribution in [3.63, 3.8) is 0 Å². The molecule has 0 saturated carbocycles. The van der Waals surface area contributed by atoms with Crippen LogP contribution >= 0.6 is 11.3 Å². The normalized spacial score (nSPS) is 10.7. The van der Waals surface area contributed by atoms with Gasteiger partial charge in [-0.2, -0.15) is 0 Å². The highest BCUT2D eigenvalue weighted by atomic mass is 32.1. The van der Waals surface area contributed by atoms with Crippen molar-refractivity contribution >= 4 is 33.3 Å². The molecule has 0 saturated heterocycles. The van der Waals surface area contributed by atoms with Gasteiger partial charge in [0.2, 0.25) is 0 Å². The number of carbonyl (C=O) groups excluding carboxylic acids is 1. The predicted molar refractivity (Wildman–Crippen MR) is 92.8 cm³/mol. The topological polar surface area (TPSA) is 80.7 Å². The molecular formula is C17H11N5OS. The average molecular weight is 333 g/mol. The molecule has 3 heterocycles. The Morgan fingerprint density at radius 3 is 2.75 bits per heavy atom. The second-order valence-electron chi connectivity index (χ2n) is 4.94. The number of aromatic nitrogens is 4. The number of anilines is 1. The minimum atomic E-state index is -0.288. The fraction of sp³-hybridized carbons (Fsp3) is 0. The molecule has 7 heteroatoms. The van der Waals surface area contributed by atoms with Crippen molar-refractivity contribution in [3.05, 3.63) is 66.9 Å². The van der Waals surface area contributed by atoms with Crippen molar-refractivity contribution in [3.8, 4) is 10.6 Å².